The minimum absolute atomic E-state index is 0.0238. The maximum Gasteiger partial charge on any atom is 0.313 e. The van der Waals surface area contributed by atoms with E-state index in [1.807, 2.05) is 6.92 Å². The van der Waals surface area contributed by atoms with Crippen molar-refractivity contribution in [2.75, 3.05) is 5.73 Å². The fraction of sp³-hybridized carbons (Fsp3) is 0.429. The third-order valence-corrected chi connectivity index (χ3v) is 1.44. The van der Waals surface area contributed by atoms with E-state index < -0.39 is 0 Å². The van der Waals surface area contributed by atoms with Gasteiger partial charge in [0.05, 0.1) is 0 Å². The highest BCUT2D eigenvalue weighted by molar-refractivity contribution is 5.93. The van der Waals surface area contributed by atoms with Crippen molar-refractivity contribution in [3.05, 3.63) is 5.89 Å². The van der Waals surface area contributed by atoms with Gasteiger partial charge in [-0.05, 0) is 6.42 Å². The summed E-state index contributed by atoms with van der Waals surface area (Å²) in [5.41, 5.74) is 12.9. The maximum atomic E-state index is 11.0. The zero-order valence-corrected chi connectivity index (χ0v) is 8.23. The molecule has 0 spiro atoms. The number of nitrogens with two attached hydrogens (primary N) is 2. The Hall–Kier alpha value is -2.12. The Morgan fingerprint density at radius 1 is 1.60 bits per heavy atom. The van der Waals surface area contributed by atoms with E-state index in [1.165, 1.54) is 0 Å². The molecule has 0 saturated carbocycles. The van der Waals surface area contributed by atoms with Gasteiger partial charge in [-0.3, -0.25) is 4.79 Å². The molecule has 82 valence electrons. The van der Waals surface area contributed by atoms with Crippen LogP contribution in [0.5, 0.6) is 0 Å². The number of hydrogen-bond donors (Lipinski definition) is 3. The van der Waals surface area contributed by atoms with Crippen molar-refractivity contribution in [3.63, 3.8) is 0 Å². The molecule has 15 heavy (non-hydrogen) atoms. The molecule has 8 nitrogen and oxygen atoms in total. The van der Waals surface area contributed by atoms with Gasteiger partial charge < -0.3 is 15.9 Å². The molecule has 0 aliphatic rings. The van der Waals surface area contributed by atoms with Gasteiger partial charge in [-0.25, -0.2) is 5.43 Å². The predicted octanol–water partition coefficient (Wildman–Crippen LogP) is -0.812. The molecule has 0 saturated heterocycles. The Morgan fingerprint density at radius 2 is 2.33 bits per heavy atom. The summed E-state index contributed by atoms with van der Waals surface area (Å²) in [5, 5.41) is 10.4. The van der Waals surface area contributed by atoms with Gasteiger partial charge in [0.2, 0.25) is 11.7 Å². The lowest BCUT2D eigenvalue weighted by Crippen LogP contribution is -2.23. The Bertz CT molecular complexity index is 371. The van der Waals surface area contributed by atoms with Crippen molar-refractivity contribution >= 4 is 17.8 Å². The average molecular weight is 212 g/mol. The molecular weight excluding hydrogens is 200 g/mol. The van der Waals surface area contributed by atoms with Crippen LogP contribution >= 0.6 is 0 Å². The van der Waals surface area contributed by atoms with E-state index in [2.05, 4.69) is 20.7 Å². The lowest BCUT2D eigenvalue weighted by Gasteiger charge is -1.97. The van der Waals surface area contributed by atoms with Gasteiger partial charge in [0.25, 0.3) is 5.89 Å². The first kappa shape index (κ1) is 11.0. The van der Waals surface area contributed by atoms with Crippen LogP contribution in [-0.2, 0) is 4.79 Å². The molecule has 0 unspecified atom stereocenters. The molecule has 1 heterocycles. The first-order valence-corrected chi connectivity index (χ1v) is 4.34. The van der Waals surface area contributed by atoms with Crippen LogP contribution in [-0.4, -0.2) is 21.9 Å². The predicted molar refractivity (Wildman–Crippen MR) is 52.5 cm³/mol. The molecule has 0 bridgehead atoms. The Kier molecular flexibility index (Phi) is 3.61. The van der Waals surface area contributed by atoms with E-state index in [4.69, 9.17) is 15.9 Å². The number of nitrogen functional groups attached to an aromatic ring is 1. The summed E-state index contributed by atoms with van der Waals surface area (Å²) in [6.45, 7) is 1.88. The Morgan fingerprint density at radius 3 is 2.87 bits per heavy atom. The second-order valence-corrected chi connectivity index (χ2v) is 2.73. The molecule has 0 atom stereocenters. The van der Waals surface area contributed by atoms with Crippen LogP contribution in [0.4, 0.5) is 6.01 Å². The molecule has 0 aliphatic carbocycles. The van der Waals surface area contributed by atoms with E-state index in [-0.39, 0.29) is 23.6 Å². The monoisotopic (exact) mass is 212 g/mol. The van der Waals surface area contributed by atoms with Crippen LogP contribution in [0.2, 0.25) is 0 Å². The molecular formula is C7H12N6O2. The third kappa shape index (κ3) is 3.25. The topological polar surface area (TPSA) is 132 Å². The molecule has 1 amide bonds. The summed E-state index contributed by atoms with van der Waals surface area (Å²) >= 11 is 0. The normalized spacial score (nSPS) is 11.4. The van der Waals surface area contributed by atoms with Crippen molar-refractivity contribution < 1.29 is 9.21 Å². The summed E-state index contributed by atoms with van der Waals surface area (Å²) < 4.78 is 4.79. The van der Waals surface area contributed by atoms with Crippen molar-refractivity contribution in [1.82, 2.24) is 15.6 Å². The number of carbonyl (C=O) groups is 1. The molecule has 0 fully saturated rings. The van der Waals surface area contributed by atoms with Gasteiger partial charge in [0.15, 0.2) is 0 Å². The van der Waals surface area contributed by atoms with Crippen LogP contribution in [0.25, 0.3) is 0 Å². The van der Waals surface area contributed by atoms with Gasteiger partial charge in [-0.1, -0.05) is 12.0 Å². The second kappa shape index (κ2) is 4.94. The largest absolute Gasteiger partial charge is 0.400 e. The number of hydrogen-bond acceptors (Lipinski definition) is 6. The van der Waals surface area contributed by atoms with Crippen LogP contribution in [0.3, 0.4) is 0 Å². The van der Waals surface area contributed by atoms with Gasteiger partial charge in [-0.2, -0.15) is 0 Å². The van der Waals surface area contributed by atoms with Crippen molar-refractivity contribution in [2.24, 2.45) is 10.8 Å². The summed E-state index contributed by atoms with van der Waals surface area (Å²) in [7, 11) is 0. The number of nitrogens with zero attached hydrogens (tertiary/aromatic N) is 3. The standard InChI is InChI=1S/C7H12N6O2/c1-2-3-4(14)10-11-5(8)6-12-13-7(9)15-6/h2-3H2,1H3,(H2,8,11)(H2,9,13)(H,10,14). The maximum absolute atomic E-state index is 11.0. The Labute approximate surface area is 85.7 Å². The van der Waals surface area contributed by atoms with Gasteiger partial charge in [-0.15, -0.1) is 10.2 Å². The molecule has 1 aromatic heterocycles. The average Bonchev–Trinajstić information content (AvgIpc) is 2.62. The van der Waals surface area contributed by atoms with Gasteiger partial charge in [0.1, 0.15) is 0 Å². The van der Waals surface area contributed by atoms with Crippen LogP contribution in [0, 0.1) is 0 Å². The fourth-order valence-electron chi connectivity index (χ4n) is 0.791. The molecule has 8 heteroatoms. The zero-order valence-electron chi connectivity index (χ0n) is 8.23. The second-order valence-electron chi connectivity index (χ2n) is 2.73. The highest BCUT2D eigenvalue weighted by Gasteiger charge is 2.07. The minimum atomic E-state index is -0.229. The lowest BCUT2D eigenvalue weighted by atomic mass is 10.3. The molecule has 1 rings (SSSR count). The van der Waals surface area contributed by atoms with Crippen LogP contribution in [0.15, 0.2) is 9.52 Å². The molecule has 5 N–H and O–H groups in total. The molecule has 0 aliphatic heterocycles. The van der Waals surface area contributed by atoms with Crippen molar-refractivity contribution in [1.29, 1.82) is 0 Å². The highest BCUT2D eigenvalue weighted by atomic mass is 16.4. The van der Waals surface area contributed by atoms with Crippen molar-refractivity contribution in [3.8, 4) is 0 Å². The highest BCUT2D eigenvalue weighted by Crippen LogP contribution is 1.98. The van der Waals surface area contributed by atoms with Crippen molar-refractivity contribution in [2.45, 2.75) is 19.8 Å². The third-order valence-electron chi connectivity index (χ3n) is 1.44. The van der Waals surface area contributed by atoms with Gasteiger partial charge in [0, 0.05) is 6.42 Å². The first-order valence-electron chi connectivity index (χ1n) is 4.34. The summed E-state index contributed by atoms with van der Waals surface area (Å²) in [4.78, 5) is 11.0. The van der Waals surface area contributed by atoms with Crippen LogP contribution < -0.4 is 16.9 Å². The fourth-order valence-corrected chi connectivity index (χ4v) is 0.791. The smallest absolute Gasteiger partial charge is 0.313 e. The van der Waals surface area contributed by atoms with E-state index in [0.29, 0.717) is 6.42 Å². The number of amides is 1. The quantitative estimate of drug-likeness (QED) is 0.339. The number of aromatic nitrogens is 2. The summed E-state index contributed by atoms with van der Waals surface area (Å²) in [6.07, 6.45) is 1.11. The van der Waals surface area contributed by atoms with E-state index >= 15 is 0 Å². The minimum Gasteiger partial charge on any atom is -0.400 e. The molecule has 1 aromatic rings. The number of rotatable bonds is 4. The van der Waals surface area contributed by atoms with Gasteiger partial charge >= 0.3 is 6.01 Å². The Balaban J connectivity index is 2.56. The summed E-state index contributed by atoms with van der Waals surface area (Å²) in [5.74, 6) is -0.333. The SMILES string of the molecule is CCCC(=O)N/N=C(\N)c1nnc(N)o1. The number of carbonyl (C=O) groups excluding carboxylic acids is 1. The van der Waals surface area contributed by atoms with E-state index in [1.54, 1.807) is 0 Å². The van der Waals surface area contributed by atoms with E-state index in [0.717, 1.165) is 6.42 Å². The van der Waals surface area contributed by atoms with Crippen LogP contribution in [0.1, 0.15) is 25.7 Å². The first-order chi connectivity index (χ1) is 7.13. The molecule has 0 aromatic carbocycles. The lowest BCUT2D eigenvalue weighted by molar-refractivity contribution is -0.121. The molecule has 0 radical (unpaired) electrons. The number of amidine groups is 1. The number of nitrogens with one attached hydrogen (secondary N) is 1. The number of anilines is 1. The zero-order chi connectivity index (χ0) is 11.3. The van der Waals surface area contributed by atoms with E-state index in [9.17, 15) is 4.79 Å². The summed E-state index contributed by atoms with van der Waals surface area (Å²) in [6, 6.07) is -0.108. The number of hydrazone groups is 1.